The Morgan fingerprint density at radius 2 is 2.35 bits per heavy atom. The maximum atomic E-state index is 10.9. The van der Waals surface area contributed by atoms with Crippen LogP contribution >= 0.6 is 0 Å². The quantitative estimate of drug-likeness (QED) is 0.863. The Balaban J connectivity index is 2.01. The van der Waals surface area contributed by atoms with Gasteiger partial charge >= 0.3 is 6.09 Å². The summed E-state index contributed by atoms with van der Waals surface area (Å²) in [5, 5.41) is 11.5. The molecule has 112 valence electrons. The van der Waals surface area contributed by atoms with Gasteiger partial charge in [-0.2, -0.15) is 0 Å². The highest BCUT2D eigenvalue weighted by Gasteiger charge is 2.22. The first-order valence-electron chi connectivity index (χ1n) is 7.15. The van der Waals surface area contributed by atoms with Crippen molar-refractivity contribution in [2.24, 2.45) is 11.8 Å². The predicted molar refractivity (Wildman–Crippen MR) is 76.6 cm³/mol. The Morgan fingerprint density at radius 3 is 2.90 bits per heavy atom. The molecule has 1 saturated heterocycles. The lowest BCUT2D eigenvalue weighted by molar-refractivity contribution is 0.185. The monoisotopic (exact) mass is 280 g/mol. The molecular weight excluding hydrogens is 256 g/mol. The van der Waals surface area contributed by atoms with Crippen LogP contribution in [-0.4, -0.2) is 45.8 Å². The molecule has 6 nitrogen and oxygen atoms in total. The molecule has 2 heterocycles. The van der Waals surface area contributed by atoms with Crippen molar-refractivity contribution in [1.29, 1.82) is 0 Å². The van der Waals surface area contributed by atoms with Gasteiger partial charge in [0.25, 0.3) is 0 Å². The van der Waals surface area contributed by atoms with Crippen LogP contribution in [0.5, 0.6) is 0 Å². The van der Waals surface area contributed by atoms with Crippen LogP contribution in [0.1, 0.15) is 32.0 Å². The van der Waals surface area contributed by atoms with Gasteiger partial charge in [-0.25, -0.2) is 9.78 Å². The third kappa shape index (κ3) is 3.72. The summed E-state index contributed by atoms with van der Waals surface area (Å²) in [4.78, 5) is 17.6. The number of carboxylic acid groups (broad SMARTS) is 1. The second-order valence-corrected chi connectivity index (χ2v) is 6.08. The average Bonchev–Trinajstić information content (AvgIpc) is 2.96. The van der Waals surface area contributed by atoms with Gasteiger partial charge in [-0.3, -0.25) is 0 Å². The molecule has 1 amide bonds. The van der Waals surface area contributed by atoms with E-state index in [9.17, 15) is 4.79 Å². The van der Waals surface area contributed by atoms with Gasteiger partial charge in [-0.1, -0.05) is 13.8 Å². The van der Waals surface area contributed by atoms with Crippen molar-refractivity contribution in [3.05, 3.63) is 18.2 Å². The zero-order valence-electron chi connectivity index (χ0n) is 12.4. The molecule has 1 unspecified atom stereocenters. The van der Waals surface area contributed by atoms with Gasteiger partial charge < -0.3 is 19.9 Å². The second kappa shape index (κ2) is 6.26. The molecule has 6 heteroatoms. The molecule has 0 aliphatic carbocycles. The van der Waals surface area contributed by atoms with Crippen molar-refractivity contribution in [3.8, 4) is 0 Å². The third-order valence-electron chi connectivity index (χ3n) is 3.88. The minimum atomic E-state index is -1.00. The number of hydrogen-bond acceptors (Lipinski definition) is 3. The van der Waals surface area contributed by atoms with Crippen molar-refractivity contribution >= 4 is 6.09 Å². The number of amides is 1. The number of nitrogens with one attached hydrogen (secondary N) is 1. The highest BCUT2D eigenvalue weighted by atomic mass is 16.4. The summed E-state index contributed by atoms with van der Waals surface area (Å²) in [6.45, 7) is 7.21. The fourth-order valence-electron chi connectivity index (χ4n) is 2.83. The number of imidazole rings is 1. The van der Waals surface area contributed by atoms with Gasteiger partial charge in [0.05, 0.1) is 18.1 Å². The van der Waals surface area contributed by atoms with Gasteiger partial charge in [0.15, 0.2) is 0 Å². The summed E-state index contributed by atoms with van der Waals surface area (Å²) in [5.41, 5.74) is 0.800. The lowest BCUT2D eigenvalue weighted by Crippen LogP contribution is -2.30. The van der Waals surface area contributed by atoms with E-state index >= 15 is 0 Å². The first-order chi connectivity index (χ1) is 9.45. The number of nitrogens with zero attached hydrogens (tertiary/aromatic N) is 3. The fraction of sp³-hybridized carbons (Fsp3) is 0.714. The normalized spacial score (nSPS) is 21.3. The molecule has 2 atom stereocenters. The van der Waals surface area contributed by atoms with Crippen LogP contribution in [-0.2, 0) is 6.54 Å². The summed E-state index contributed by atoms with van der Waals surface area (Å²) >= 11 is 0. The van der Waals surface area contributed by atoms with Crippen molar-refractivity contribution < 1.29 is 9.90 Å². The molecular formula is C14H24N4O2. The molecule has 1 aliphatic rings. The molecule has 0 radical (unpaired) electrons. The number of carbonyl (C=O) groups is 1. The number of likely N-dealkylation sites (tertiary alicyclic amines) is 1. The molecule has 0 bridgehead atoms. The van der Waals surface area contributed by atoms with E-state index in [1.165, 1.54) is 6.42 Å². The topological polar surface area (TPSA) is 70.4 Å². The van der Waals surface area contributed by atoms with Crippen molar-refractivity contribution in [2.45, 2.75) is 32.9 Å². The molecule has 1 fully saturated rings. The summed E-state index contributed by atoms with van der Waals surface area (Å²) in [5.74, 6) is 0.832. The summed E-state index contributed by atoms with van der Waals surface area (Å²) in [6, 6.07) is -0.250. The fourth-order valence-corrected chi connectivity index (χ4v) is 2.83. The van der Waals surface area contributed by atoms with Crippen LogP contribution in [0.2, 0.25) is 0 Å². The van der Waals surface area contributed by atoms with Gasteiger partial charge in [-0.15, -0.1) is 0 Å². The van der Waals surface area contributed by atoms with Crippen LogP contribution in [0.15, 0.2) is 12.5 Å². The van der Waals surface area contributed by atoms with E-state index in [0.29, 0.717) is 5.92 Å². The van der Waals surface area contributed by atoms with E-state index in [4.69, 9.17) is 5.11 Å². The van der Waals surface area contributed by atoms with Crippen molar-refractivity contribution in [2.75, 3.05) is 20.1 Å². The van der Waals surface area contributed by atoms with Gasteiger partial charge in [-0.05, 0) is 31.8 Å². The lowest BCUT2D eigenvalue weighted by atomic mass is 10.0. The summed E-state index contributed by atoms with van der Waals surface area (Å²) < 4.78 is 2.08. The third-order valence-corrected chi connectivity index (χ3v) is 3.88. The highest BCUT2D eigenvalue weighted by molar-refractivity contribution is 5.65. The predicted octanol–water partition coefficient (Wildman–Crippen LogP) is 1.80. The van der Waals surface area contributed by atoms with E-state index in [2.05, 4.69) is 26.8 Å². The molecule has 1 aromatic heterocycles. The Bertz CT molecular complexity index is 458. The minimum Gasteiger partial charge on any atom is -0.465 e. The zero-order chi connectivity index (χ0) is 14.7. The lowest BCUT2D eigenvalue weighted by Gasteiger charge is -2.18. The molecule has 2 N–H and O–H groups in total. The Kier molecular flexibility index (Phi) is 4.65. The van der Waals surface area contributed by atoms with Gasteiger partial charge in [0, 0.05) is 19.3 Å². The smallest absolute Gasteiger partial charge is 0.405 e. The molecule has 20 heavy (non-hydrogen) atoms. The van der Waals surface area contributed by atoms with Crippen molar-refractivity contribution in [1.82, 2.24) is 19.8 Å². The zero-order valence-corrected chi connectivity index (χ0v) is 12.4. The van der Waals surface area contributed by atoms with E-state index in [1.54, 1.807) is 0 Å². The minimum absolute atomic E-state index is 0.173. The maximum Gasteiger partial charge on any atom is 0.405 e. The van der Waals surface area contributed by atoms with Crippen LogP contribution in [0, 0.1) is 11.8 Å². The van der Waals surface area contributed by atoms with Crippen LogP contribution in [0.4, 0.5) is 4.79 Å². The molecule has 1 aliphatic heterocycles. The maximum absolute atomic E-state index is 10.9. The SMILES string of the molecule is CC(C)[C@@H](NC(=O)O)c1cn(CC2CCN(C)C2)cn1. The highest BCUT2D eigenvalue weighted by Crippen LogP contribution is 2.21. The van der Waals surface area contributed by atoms with E-state index in [1.807, 2.05) is 26.4 Å². The summed E-state index contributed by atoms with van der Waals surface area (Å²) in [7, 11) is 2.14. The molecule has 0 spiro atoms. The van der Waals surface area contributed by atoms with Gasteiger partial charge in [0.1, 0.15) is 0 Å². The molecule has 2 rings (SSSR count). The average molecular weight is 280 g/mol. The second-order valence-electron chi connectivity index (χ2n) is 6.08. The Labute approximate surface area is 119 Å². The van der Waals surface area contributed by atoms with Crippen molar-refractivity contribution in [3.63, 3.8) is 0 Å². The summed E-state index contributed by atoms with van der Waals surface area (Å²) in [6.07, 6.45) is 3.99. The first-order valence-corrected chi connectivity index (χ1v) is 7.15. The molecule has 0 aromatic carbocycles. The van der Waals surface area contributed by atoms with Crippen LogP contribution in [0.3, 0.4) is 0 Å². The van der Waals surface area contributed by atoms with E-state index in [0.717, 1.165) is 25.3 Å². The Hall–Kier alpha value is -1.56. The Morgan fingerprint density at radius 1 is 1.60 bits per heavy atom. The van der Waals surface area contributed by atoms with Gasteiger partial charge in [0.2, 0.25) is 0 Å². The standard InChI is InChI=1S/C14H24N4O2/c1-10(2)13(16-14(19)20)12-8-18(9-15-12)7-11-4-5-17(3)6-11/h8-11,13,16H,4-7H2,1-3H3,(H,19,20)/t11?,13-/m1/s1. The molecule has 1 aromatic rings. The van der Waals surface area contributed by atoms with Crippen LogP contribution in [0.25, 0.3) is 0 Å². The largest absolute Gasteiger partial charge is 0.465 e. The number of rotatable bonds is 5. The molecule has 0 saturated carbocycles. The van der Waals surface area contributed by atoms with E-state index in [-0.39, 0.29) is 12.0 Å². The number of aromatic nitrogens is 2. The van der Waals surface area contributed by atoms with E-state index < -0.39 is 6.09 Å². The number of hydrogen-bond donors (Lipinski definition) is 2. The van der Waals surface area contributed by atoms with Crippen LogP contribution < -0.4 is 5.32 Å². The first kappa shape index (κ1) is 14.8.